The summed E-state index contributed by atoms with van der Waals surface area (Å²) < 4.78 is 46.8. The molecule has 0 atom stereocenters. The van der Waals surface area contributed by atoms with Crippen molar-refractivity contribution in [2.24, 2.45) is 0 Å². The van der Waals surface area contributed by atoms with E-state index in [0.717, 1.165) is 23.8 Å². The zero-order valence-corrected chi connectivity index (χ0v) is 20.2. The normalized spacial score (nSPS) is 11.4. The average molecular weight is 539 g/mol. The summed E-state index contributed by atoms with van der Waals surface area (Å²) in [6, 6.07) is 12.4. The second kappa shape index (κ2) is 10.4. The molecule has 192 valence electrons. The van der Waals surface area contributed by atoms with Crippen LogP contribution in [-0.2, 0) is 12.8 Å². The number of alkyl halides is 3. The van der Waals surface area contributed by atoms with Gasteiger partial charge in [0.1, 0.15) is 6.61 Å². The largest absolute Gasteiger partial charge is 0.470 e. The number of anilines is 2. The number of ether oxygens (including phenoxy) is 1. The van der Waals surface area contributed by atoms with Crippen molar-refractivity contribution in [1.82, 2.24) is 19.4 Å². The lowest BCUT2D eigenvalue weighted by Gasteiger charge is -2.13. The molecule has 0 bridgehead atoms. The standard InChI is InChI=1S/C26H18ClF3N6O2/c27-20-5-4-18(26(28,29)30)13-21(20)35-25(37)33-19-3-1-2-17(12-19)22-14-36-11-10-32-23(36)24(34-22)38-15-16-6-8-31-9-7-16/h1-14H,15H2,(H2,33,35,37). The van der Waals surface area contributed by atoms with Crippen molar-refractivity contribution in [3.8, 4) is 17.1 Å². The van der Waals surface area contributed by atoms with Crippen LogP contribution >= 0.6 is 11.6 Å². The molecule has 5 rings (SSSR count). The average Bonchev–Trinajstić information content (AvgIpc) is 3.38. The molecule has 0 aliphatic rings. The highest BCUT2D eigenvalue weighted by molar-refractivity contribution is 6.33. The molecular weight excluding hydrogens is 521 g/mol. The first-order valence-electron chi connectivity index (χ1n) is 11.2. The van der Waals surface area contributed by atoms with Gasteiger partial charge in [-0.05, 0) is 48.0 Å². The molecule has 12 heteroatoms. The third-order valence-electron chi connectivity index (χ3n) is 5.43. The summed E-state index contributed by atoms with van der Waals surface area (Å²) in [7, 11) is 0. The second-order valence-electron chi connectivity index (χ2n) is 8.09. The Bertz CT molecular complexity index is 1610. The van der Waals surface area contributed by atoms with Crippen LogP contribution in [0, 0.1) is 0 Å². The highest BCUT2D eigenvalue weighted by Crippen LogP contribution is 2.34. The lowest BCUT2D eigenvalue weighted by molar-refractivity contribution is -0.137. The van der Waals surface area contributed by atoms with E-state index in [1.165, 1.54) is 0 Å². The molecular formula is C26H18ClF3N6O2. The van der Waals surface area contributed by atoms with Crippen LogP contribution < -0.4 is 15.4 Å². The lowest BCUT2D eigenvalue weighted by atomic mass is 10.1. The maximum absolute atomic E-state index is 13.0. The molecule has 5 aromatic rings. The molecule has 2 amide bonds. The van der Waals surface area contributed by atoms with Gasteiger partial charge in [0.05, 0.1) is 22.0 Å². The van der Waals surface area contributed by atoms with Crippen LogP contribution in [0.15, 0.2) is 85.6 Å². The molecule has 0 spiro atoms. The number of hydrogen-bond donors (Lipinski definition) is 2. The number of halogens is 4. The van der Waals surface area contributed by atoms with Gasteiger partial charge in [-0.25, -0.2) is 14.8 Å². The second-order valence-corrected chi connectivity index (χ2v) is 8.49. The summed E-state index contributed by atoms with van der Waals surface area (Å²) in [6.45, 7) is 0.265. The maximum atomic E-state index is 13.0. The Balaban J connectivity index is 1.36. The Morgan fingerprint density at radius 1 is 1.03 bits per heavy atom. The van der Waals surface area contributed by atoms with Gasteiger partial charge >= 0.3 is 12.2 Å². The van der Waals surface area contributed by atoms with Gasteiger partial charge in [0, 0.05) is 42.2 Å². The minimum absolute atomic E-state index is 0.0287. The van der Waals surface area contributed by atoms with Crippen LogP contribution in [0.25, 0.3) is 16.9 Å². The zero-order valence-electron chi connectivity index (χ0n) is 19.4. The Hall–Kier alpha value is -4.64. The van der Waals surface area contributed by atoms with Crippen LogP contribution in [-0.4, -0.2) is 25.4 Å². The van der Waals surface area contributed by atoms with Crippen molar-refractivity contribution in [3.05, 3.63) is 102 Å². The van der Waals surface area contributed by atoms with E-state index in [2.05, 4.69) is 25.6 Å². The van der Waals surface area contributed by atoms with Crippen LogP contribution in [0.5, 0.6) is 5.88 Å². The lowest BCUT2D eigenvalue weighted by Crippen LogP contribution is -2.20. The Morgan fingerprint density at radius 3 is 2.63 bits per heavy atom. The Morgan fingerprint density at radius 2 is 1.84 bits per heavy atom. The monoisotopic (exact) mass is 538 g/mol. The number of amides is 2. The minimum Gasteiger partial charge on any atom is -0.470 e. The number of nitrogens with zero attached hydrogens (tertiary/aromatic N) is 4. The molecule has 0 aliphatic heterocycles. The summed E-state index contributed by atoms with van der Waals surface area (Å²) in [5.74, 6) is 0.319. The molecule has 2 N–H and O–H groups in total. The van der Waals surface area contributed by atoms with E-state index < -0.39 is 17.8 Å². The Kier molecular flexibility index (Phi) is 6.84. The Labute approximate surface area is 219 Å². The number of rotatable bonds is 6. The van der Waals surface area contributed by atoms with Gasteiger partial charge < -0.3 is 19.8 Å². The van der Waals surface area contributed by atoms with Crippen molar-refractivity contribution in [1.29, 1.82) is 0 Å². The smallest absolute Gasteiger partial charge is 0.416 e. The van der Waals surface area contributed by atoms with E-state index in [1.54, 1.807) is 59.7 Å². The SMILES string of the molecule is O=C(Nc1cccc(-c2cn3ccnc3c(OCc3ccncc3)n2)c1)Nc1cc(C(F)(F)F)ccc1Cl. The number of nitrogens with one attached hydrogen (secondary N) is 2. The van der Waals surface area contributed by atoms with Gasteiger partial charge in [0.2, 0.25) is 5.65 Å². The highest BCUT2D eigenvalue weighted by Gasteiger charge is 2.31. The van der Waals surface area contributed by atoms with Crippen molar-refractivity contribution in [2.75, 3.05) is 10.6 Å². The van der Waals surface area contributed by atoms with E-state index in [1.807, 2.05) is 12.1 Å². The maximum Gasteiger partial charge on any atom is 0.416 e. The van der Waals surface area contributed by atoms with Crippen molar-refractivity contribution in [3.63, 3.8) is 0 Å². The fourth-order valence-corrected chi connectivity index (χ4v) is 3.77. The quantitative estimate of drug-likeness (QED) is 0.251. The molecule has 0 saturated carbocycles. The van der Waals surface area contributed by atoms with Gasteiger partial charge in [-0.1, -0.05) is 23.7 Å². The van der Waals surface area contributed by atoms with Crippen LogP contribution in [0.4, 0.5) is 29.3 Å². The van der Waals surface area contributed by atoms with Gasteiger partial charge in [-0.3, -0.25) is 4.98 Å². The third-order valence-corrected chi connectivity index (χ3v) is 5.76. The van der Waals surface area contributed by atoms with E-state index >= 15 is 0 Å². The first-order valence-corrected chi connectivity index (χ1v) is 11.5. The third kappa shape index (κ3) is 5.68. The molecule has 0 aliphatic carbocycles. The number of fused-ring (bicyclic) bond motifs is 1. The summed E-state index contributed by atoms with van der Waals surface area (Å²) >= 11 is 5.98. The topological polar surface area (TPSA) is 93.4 Å². The number of carbonyl (C=O) groups excluding carboxylic acids is 1. The molecule has 0 saturated heterocycles. The van der Waals surface area contributed by atoms with Gasteiger partial charge in [0.15, 0.2) is 0 Å². The molecule has 2 aromatic carbocycles. The van der Waals surface area contributed by atoms with E-state index in [0.29, 0.717) is 28.5 Å². The van der Waals surface area contributed by atoms with Gasteiger partial charge in [0.25, 0.3) is 5.88 Å². The first kappa shape index (κ1) is 25.0. The number of aromatic nitrogens is 4. The number of benzene rings is 2. The first-order chi connectivity index (χ1) is 18.3. The molecule has 38 heavy (non-hydrogen) atoms. The summed E-state index contributed by atoms with van der Waals surface area (Å²) in [5.41, 5.74) is 1.94. The summed E-state index contributed by atoms with van der Waals surface area (Å²) in [6.07, 6.45) is 3.92. The molecule has 0 unspecified atom stereocenters. The molecule has 0 radical (unpaired) electrons. The number of hydrogen-bond acceptors (Lipinski definition) is 5. The van der Waals surface area contributed by atoms with Crippen molar-refractivity contribution >= 4 is 34.7 Å². The van der Waals surface area contributed by atoms with E-state index in [4.69, 9.17) is 16.3 Å². The fraction of sp³-hybridized carbons (Fsp3) is 0.0769. The summed E-state index contributed by atoms with van der Waals surface area (Å²) in [5, 5.41) is 4.93. The van der Waals surface area contributed by atoms with Crippen LogP contribution in [0.1, 0.15) is 11.1 Å². The molecule has 8 nitrogen and oxygen atoms in total. The minimum atomic E-state index is -4.57. The highest BCUT2D eigenvalue weighted by atomic mass is 35.5. The zero-order chi connectivity index (χ0) is 26.7. The van der Waals surface area contributed by atoms with E-state index in [-0.39, 0.29) is 17.3 Å². The predicted octanol–water partition coefficient (Wildman–Crippen LogP) is 6.69. The van der Waals surface area contributed by atoms with E-state index in [9.17, 15) is 18.0 Å². The van der Waals surface area contributed by atoms with Gasteiger partial charge in [-0.15, -0.1) is 0 Å². The molecule has 3 aromatic heterocycles. The van der Waals surface area contributed by atoms with Gasteiger partial charge in [-0.2, -0.15) is 13.2 Å². The molecule has 0 fully saturated rings. The molecule has 3 heterocycles. The van der Waals surface area contributed by atoms with Crippen LogP contribution in [0.3, 0.4) is 0 Å². The van der Waals surface area contributed by atoms with Crippen molar-refractivity contribution < 1.29 is 22.7 Å². The van der Waals surface area contributed by atoms with Crippen LogP contribution in [0.2, 0.25) is 5.02 Å². The number of imidazole rings is 1. The number of pyridine rings is 1. The number of urea groups is 1. The number of carbonyl (C=O) groups is 1. The van der Waals surface area contributed by atoms with Crippen molar-refractivity contribution in [2.45, 2.75) is 12.8 Å². The fourth-order valence-electron chi connectivity index (χ4n) is 3.61. The predicted molar refractivity (Wildman–Crippen MR) is 136 cm³/mol. The summed E-state index contributed by atoms with van der Waals surface area (Å²) in [4.78, 5) is 25.5.